The van der Waals surface area contributed by atoms with Crippen LogP contribution in [0.1, 0.15) is 56.3 Å². The number of nitrogens with zero attached hydrogens (tertiary/aromatic N) is 1. The topological polar surface area (TPSA) is 67.9 Å². The predicted molar refractivity (Wildman–Crippen MR) is 108 cm³/mol. The molecule has 0 spiro atoms. The molecule has 1 saturated heterocycles. The lowest BCUT2D eigenvalue weighted by molar-refractivity contribution is -0.133. The van der Waals surface area contributed by atoms with Crippen molar-refractivity contribution < 1.29 is 19.1 Å². The summed E-state index contributed by atoms with van der Waals surface area (Å²) in [5.74, 6) is 2.32. The molecular formula is C22H32N2O4. The first kappa shape index (κ1) is 20.5. The number of carbonyl (C=O) groups is 2. The van der Waals surface area contributed by atoms with Gasteiger partial charge in [0.1, 0.15) is 0 Å². The van der Waals surface area contributed by atoms with Crippen LogP contribution in [0.2, 0.25) is 0 Å². The Labute approximate surface area is 167 Å². The van der Waals surface area contributed by atoms with Gasteiger partial charge >= 0.3 is 0 Å². The number of hydrogen-bond acceptors (Lipinski definition) is 4. The van der Waals surface area contributed by atoms with Gasteiger partial charge in [-0.05, 0) is 56.7 Å². The smallest absolute Gasteiger partial charge is 0.251 e. The van der Waals surface area contributed by atoms with Crippen LogP contribution < -0.4 is 14.8 Å². The van der Waals surface area contributed by atoms with Crippen LogP contribution in [0.3, 0.4) is 0 Å². The summed E-state index contributed by atoms with van der Waals surface area (Å²) in [6, 6.07) is 5.10. The van der Waals surface area contributed by atoms with Gasteiger partial charge < -0.3 is 19.7 Å². The van der Waals surface area contributed by atoms with E-state index in [-0.39, 0.29) is 18.4 Å². The third-order valence-electron chi connectivity index (χ3n) is 5.85. The van der Waals surface area contributed by atoms with Crippen LogP contribution >= 0.6 is 0 Å². The molecular weight excluding hydrogens is 356 g/mol. The average Bonchev–Trinajstić information content (AvgIpc) is 2.73. The Kier molecular flexibility index (Phi) is 7.18. The molecule has 0 aromatic heterocycles. The molecule has 2 fully saturated rings. The Morgan fingerprint density at radius 1 is 1.04 bits per heavy atom. The van der Waals surface area contributed by atoms with Crippen molar-refractivity contribution in [2.45, 2.75) is 46.0 Å². The maximum Gasteiger partial charge on any atom is 0.251 e. The van der Waals surface area contributed by atoms with Crippen molar-refractivity contribution in [2.75, 3.05) is 32.8 Å². The second-order valence-electron chi connectivity index (χ2n) is 7.64. The zero-order valence-electron chi connectivity index (χ0n) is 17.0. The molecule has 1 aromatic rings. The first-order chi connectivity index (χ1) is 13.6. The Hall–Kier alpha value is -2.24. The first-order valence-corrected chi connectivity index (χ1v) is 10.6. The summed E-state index contributed by atoms with van der Waals surface area (Å²) in [5.41, 5.74) is 0.464. The second kappa shape index (κ2) is 9.80. The quantitative estimate of drug-likeness (QED) is 0.779. The molecule has 1 aromatic carbocycles. The summed E-state index contributed by atoms with van der Waals surface area (Å²) in [7, 11) is 0. The van der Waals surface area contributed by atoms with Crippen LogP contribution in [0.4, 0.5) is 0 Å². The molecule has 3 rings (SSSR count). The lowest BCUT2D eigenvalue weighted by atomic mass is 9.75. The number of benzene rings is 1. The number of rotatable bonds is 7. The average molecular weight is 389 g/mol. The zero-order chi connectivity index (χ0) is 19.9. The van der Waals surface area contributed by atoms with Gasteiger partial charge in [-0.3, -0.25) is 9.59 Å². The molecule has 1 aliphatic carbocycles. The van der Waals surface area contributed by atoms with Crippen molar-refractivity contribution in [3.05, 3.63) is 23.8 Å². The molecule has 154 valence electrons. The minimum absolute atomic E-state index is 0.00772. The van der Waals surface area contributed by atoms with Crippen molar-refractivity contribution in [1.29, 1.82) is 0 Å². The number of nitrogens with one attached hydrogen (secondary N) is 1. The molecule has 1 N–H and O–H groups in total. The van der Waals surface area contributed by atoms with Crippen molar-refractivity contribution in [1.82, 2.24) is 10.2 Å². The predicted octanol–water partition coefficient (Wildman–Crippen LogP) is 3.25. The van der Waals surface area contributed by atoms with E-state index in [2.05, 4.69) is 5.32 Å². The van der Waals surface area contributed by atoms with Crippen molar-refractivity contribution in [3.8, 4) is 11.5 Å². The highest BCUT2D eigenvalue weighted by molar-refractivity contribution is 5.97. The molecule has 6 heteroatoms. The monoisotopic (exact) mass is 388 g/mol. The third kappa shape index (κ3) is 4.97. The van der Waals surface area contributed by atoms with E-state index in [0.29, 0.717) is 36.2 Å². The number of hydrogen-bond donors (Lipinski definition) is 1. The number of ether oxygens (including phenoxy) is 2. The third-order valence-corrected chi connectivity index (χ3v) is 5.85. The molecule has 2 atom stereocenters. The minimum Gasteiger partial charge on any atom is -0.490 e. The maximum atomic E-state index is 12.6. The summed E-state index contributed by atoms with van der Waals surface area (Å²) >= 11 is 0. The largest absolute Gasteiger partial charge is 0.490 e. The number of amides is 2. The lowest BCUT2D eigenvalue weighted by Crippen LogP contribution is -2.48. The fraction of sp³-hybridized carbons (Fsp3) is 0.636. The van der Waals surface area contributed by atoms with Crippen LogP contribution in [-0.2, 0) is 4.79 Å². The number of piperidine rings is 1. The van der Waals surface area contributed by atoms with E-state index in [1.165, 1.54) is 25.7 Å². The van der Waals surface area contributed by atoms with Crippen LogP contribution in [0.15, 0.2) is 18.2 Å². The number of carbonyl (C=O) groups excluding carboxylic acids is 2. The Bertz CT molecular complexity index is 691. The minimum atomic E-state index is -0.273. The van der Waals surface area contributed by atoms with Gasteiger partial charge in [0.2, 0.25) is 5.91 Å². The van der Waals surface area contributed by atoms with Crippen LogP contribution in [0.25, 0.3) is 0 Å². The Balaban J connectivity index is 1.54. The molecule has 1 saturated carbocycles. The van der Waals surface area contributed by atoms with Crippen LogP contribution in [0.5, 0.6) is 11.5 Å². The first-order valence-electron chi connectivity index (χ1n) is 10.6. The Morgan fingerprint density at radius 2 is 1.75 bits per heavy atom. The van der Waals surface area contributed by atoms with Crippen LogP contribution in [-0.4, -0.2) is 49.6 Å². The number of fused-ring (bicyclic) bond motifs is 1. The normalized spacial score (nSPS) is 21.6. The summed E-state index contributed by atoms with van der Waals surface area (Å²) in [6.45, 7) is 6.49. The molecule has 28 heavy (non-hydrogen) atoms. The van der Waals surface area contributed by atoms with Crippen LogP contribution in [0, 0.1) is 11.8 Å². The van der Waals surface area contributed by atoms with Gasteiger partial charge in [-0.2, -0.15) is 0 Å². The molecule has 1 aliphatic heterocycles. The van der Waals surface area contributed by atoms with Gasteiger partial charge in [-0.25, -0.2) is 0 Å². The fourth-order valence-corrected chi connectivity index (χ4v) is 4.39. The van der Waals surface area contributed by atoms with E-state index in [4.69, 9.17) is 9.47 Å². The molecule has 6 nitrogen and oxygen atoms in total. The summed E-state index contributed by atoms with van der Waals surface area (Å²) in [6.07, 6.45) is 6.24. The van der Waals surface area contributed by atoms with Crippen molar-refractivity contribution in [2.24, 2.45) is 11.8 Å². The molecule has 0 unspecified atom stereocenters. The van der Waals surface area contributed by atoms with Gasteiger partial charge in [0, 0.05) is 18.7 Å². The molecule has 0 radical (unpaired) electrons. The number of likely N-dealkylation sites (tertiary alicyclic amines) is 1. The summed E-state index contributed by atoms with van der Waals surface area (Å²) in [4.78, 5) is 27.0. The lowest BCUT2D eigenvalue weighted by Gasteiger charge is -2.41. The van der Waals surface area contributed by atoms with E-state index >= 15 is 0 Å². The van der Waals surface area contributed by atoms with E-state index in [9.17, 15) is 9.59 Å². The van der Waals surface area contributed by atoms with Gasteiger partial charge in [0.05, 0.1) is 19.8 Å². The molecule has 0 bridgehead atoms. The summed E-state index contributed by atoms with van der Waals surface area (Å²) < 4.78 is 11.1. The van der Waals surface area contributed by atoms with Gasteiger partial charge in [0.25, 0.3) is 5.91 Å². The molecule has 2 aliphatic rings. The summed E-state index contributed by atoms with van der Waals surface area (Å²) in [5, 5.41) is 2.76. The van der Waals surface area contributed by atoms with Gasteiger partial charge in [-0.1, -0.05) is 19.3 Å². The molecule has 1 heterocycles. The highest BCUT2D eigenvalue weighted by atomic mass is 16.5. The van der Waals surface area contributed by atoms with Crippen molar-refractivity contribution in [3.63, 3.8) is 0 Å². The van der Waals surface area contributed by atoms with E-state index in [0.717, 1.165) is 25.4 Å². The standard InChI is InChI=1S/C22H32N2O4/c1-3-27-19-10-9-17(13-20(19)28-4-2)22(26)23-14-21(25)24-12-11-16-7-5-6-8-18(16)15-24/h9-10,13,16,18H,3-8,11-12,14-15H2,1-2H3,(H,23,26)/t16-,18+/m1/s1. The van der Waals surface area contributed by atoms with Gasteiger partial charge in [-0.15, -0.1) is 0 Å². The van der Waals surface area contributed by atoms with E-state index in [1.807, 2.05) is 18.7 Å². The Morgan fingerprint density at radius 3 is 2.50 bits per heavy atom. The van der Waals surface area contributed by atoms with Gasteiger partial charge in [0.15, 0.2) is 11.5 Å². The van der Waals surface area contributed by atoms with E-state index < -0.39 is 0 Å². The second-order valence-corrected chi connectivity index (χ2v) is 7.64. The van der Waals surface area contributed by atoms with E-state index in [1.54, 1.807) is 18.2 Å². The highest BCUT2D eigenvalue weighted by Gasteiger charge is 2.32. The zero-order valence-corrected chi connectivity index (χ0v) is 17.0. The molecule has 2 amide bonds. The maximum absolute atomic E-state index is 12.6. The highest BCUT2D eigenvalue weighted by Crippen LogP contribution is 2.36. The fourth-order valence-electron chi connectivity index (χ4n) is 4.39. The van der Waals surface area contributed by atoms with Crippen molar-refractivity contribution >= 4 is 11.8 Å². The SMILES string of the molecule is CCOc1ccc(C(=O)NCC(=O)N2CC[C@H]3CCCC[C@H]3C2)cc1OCC.